The van der Waals surface area contributed by atoms with E-state index in [0.717, 1.165) is 11.1 Å². The number of anilines is 1. The number of carbonyl (C=O) groups excluding carboxylic acids is 1. The van der Waals surface area contributed by atoms with Crippen molar-refractivity contribution < 1.29 is 14.7 Å². The molecule has 2 amide bonds. The van der Waals surface area contributed by atoms with Gasteiger partial charge >= 0.3 is 6.09 Å². The summed E-state index contributed by atoms with van der Waals surface area (Å²) >= 11 is 0. The molecule has 0 bridgehead atoms. The molecule has 2 aromatic carbocycles. The fourth-order valence-corrected chi connectivity index (χ4v) is 2.35. The Bertz CT molecular complexity index is 956. The lowest BCUT2D eigenvalue weighted by atomic mass is 9.77. The number of nitriles is 2. The summed E-state index contributed by atoms with van der Waals surface area (Å²) in [6.07, 6.45) is -1.58. The van der Waals surface area contributed by atoms with Gasteiger partial charge < -0.3 is 5.11 Å². The van der Waals surface area contributed by atoms with Gasteiger partial charge in [0.15, 0.2) is 0 Å². The molecule has 0 aliphatic heterocycles. The van der Waals surface area contributed by atoms with E-state index in [1.807, 2.05) is 37.3 Å². The van der Waals surface area contributed by atoms with E-state index >= 15 is 0 Å². The van der Waals surface area contributed by atoms with E-state index in [2.05, 4.69) is 16.6 Å². The summed E-state index contributed by atoms with van der Waals surface area (Å²) in [5, 5.41) is 32.2. The van der Waals surface area contributed by atoms with E-state index < -0.39 is 23.1 Å². The first kappa shape index (κ1) is 19.2. The highest BCUT2D eigenvalue weighted by molar-refractivity contribution is 6.46. The molecule has 8 nitrogen and oxygen atoms in total. The molecule has 27 heavy (non-hydrogen) atoms. The quantitative estimate of drug-likeness (QED) is 0.553. The minimum atomic E-state index is -1.58. The van der Waals surface area contributed by atoms with Crippen molar-refractivity contribution in [2.45, 2.75) is 12.3 Å². The summed E-state index contributed by atoms with van der Waals surface area (Å²) < 4.78 is 0. The van der Waals surface area contributed by atoms with E-state index in [1.165, 1.54) is 11.4 Å². The SMILES string of the molecule is CC(C#N)(c1ccccc1)c1ccc(NN=C(C#N)C(=O)NC(=O)O)cc1. The van der Waals surface area contributed by atoms with Crippen molar-refractivity contribution in [2.24, 2.45) is 5.10 Å². The topological polar surface area (TPSA) is 138 Å². The number of amides is 2. The Morgan fingerprint density at radius 2 is 1.63 bits per heavy atom. The molecule has 0 fully saturated rings. The van der Waals surface area contributed by atoms with Gasteiger partial charge in [0.2, 0.25) is 5.71 Å². The maximum Gasteiger partial charge on any atom is 0.411 e. The second kappa shape index (κ2) is 8.28. The molecule has 0 saturated heterocycles. The molecule has 1 unspecified atom stereocenters. The van der Waals surface area contributed by atoms with Gasteiger partial charge in [0, 0.05) is 0 Å². The molecule has 0 radical (unpaired) electrons. The lowest BCUT2D eigenvalue weighted by Gasteiger charge is -2.23. The lowest BCUT2D eigenvalue weighted by Crippen LogP contribution is -2.34. The van der Waals surface area contributed by atoms with Crippen molar-refractivity contribution >= 4 is 23.4 Å². The van der Waals surface area contributed by atoms with Crippen LogP contribution in [0.2, 0.25) is 0 Å². The highest BCUT2D eigenvalue weighted by atomic mass is 16.4. The smallest absolute Gasteiger partial charge is 0.411 e. The van der Waals surface area contributed by atoms with Crippen LogP contribution in [0, 0.1) is 22.7 Å². The molecular formula is C19H15N5O3. The third-order valence-corrected chi connectivity index (χ3v) is 3.88. The van der Waals surface area contributed by atoms with Gasteiger partial charge in [-0.25, -0.2) is 4.79 Å². The fourth-order valence-electron chi connectivity index (χ4n) is 2.35. The van der Waals surface area contributed by atoms with Crippen molar-refractivity contribution in [1.29, 1.82) is 10.5 Å². The van der Waals surface area contributed by atoms with Gasteiger partial charge in [0.05, 0.1) is 11.8 Å². The van der Waals surface area contributed by atoms with E-state index in [4.69, 9.17) is 10.4 Å². The average Bonchev–Trinajstić information content (AvgIpc) is 2.68. The molecular weight excluding hydrogens is 346 g/mol. The monoisotopic (exact) mass is 361 g/mol. The number of benzene rings is 2. The first-order valence-corrected chi connectivity index (χ1v) is 7.76. The van der Waals surface area contributed by atoms with Crippen LogP contribution in [0.25, 0.3) is 0 Å². The van der Waals surface area contributed by atoms with Gasteiger partial charge in [-0.05, 0) is 30.2 Å². The molecule has 2 aromatic rings. The van der Waals surface area contributed by atoms with Gasteiger partial charge in [-0.2, -0.15) is 15.6 Å². The molecule has 0 aliphatic rings. The Hall–Kier alpha value is -4.17. The minimum Gasteiger partial charge on any atom is -0.465 e. The molecule has 2 rings (SSSR count). The highest BCUT2D eigenvalue weighted by Crippen LogP contribution is 2.31. The van der Waals surface area contributed by atoms with Crippen LogP contribution in [0.4, 0.5) is 10.5 Å². The molecule has 3 N–H and O–H groups in total. The van der Waals surface area contributed by atoms with Crippen LogP contribution in [0.15, 0.2) is 59.7 Å². The Morgan fingerprint density at radius 1 is 1.04 bits per heavy atom. The van der Waals surface area contributed by atoms with Gasteiger partial charge in [-0.1, -0.05) is 42.5 Å². The number of carboxylic acid groups (broad SMARTS) is 1. The second-order valence-corrected chi connectivity index (χ2v) is 5.62. The van der Waals surface area contributed by atoms with Gasteiger partial charge in [-0.3, -0.25) is 15.5 Å². The zero-order valence-electron chi connectivity index (χ0n) is 14.3. The van der Waals surface area contributed by atoms with Crippen LogP contribution in [-0.4, -0.2) is 22.8 Å². The summed E-state index contributed by atoms with van der Waals surface area (Å²) in [5.74, 6) is -1.13. The van der Waals surface area contributed by atoms with Crippen molar-refractivity contribution in [3.63, 3.8) is 0 Å². The Morgan fingerprint density at radius 3 is 2.15 bits per heavy atom. The van der Waals surface area contributed by atoms with E-state index in [1.54, 1.807) is 24.3 Å². The van der Waals surface area contributed by atoms with Gasteiger partial charge in [0.25, 0.3) is 5.91 Å². The number of hydrogen-bond acceptors (Lipinski definition) is 6. The van der Waals surface area contributed by atoms with Crippen LogP contribution in [0.1, 0.15) is 18.1 Å². The number of hydrazone groups is 1. The van der Waals surface area contributed by atoms with Crippen LogP contribution >= 0.6 is 0 Å². The maximum absolute atomic E-state index is 11.5. The number of imide groups is 1. The first-order valence-electron chi connectivity index (χ1n) is 7.76. The van der Waals surface area contributed by atoms with E-state index in [0.29, 0.717) is 5.69 Å². The van der Waals surface area contributed by atoms with Crippen molar-refractivity contribution in [3.8, 4) is 12.1 Å². The number of carbonyl (C=O) groups is 2. The summed E-state index contributed by atoms with van der Waals surface area (Å²) in [5.41, 5.74) is 3.11. The summed E-state index contributed by atoms with van der Waals surface area (Å²) in [6.45, 7) is 1.81. The van der Waals surface area contributed by atoms with E-state index in [9.17, 15) is 14.9 Å². The van der Waals surface area contributed by atoms with Crippen LogP contribution in [0.5, 0.6) is 0 Å². The fraction of sp³-hybridized carbons (Fsp3) is 0.105. The Balaban J connectivity index is 2.21. The molecule has 0 aromatic heterocycles. The summed E-state index contributed by atoms with van der Waals surface area (Å²) in [7, 11) is 0. The molecule has 0 heterocycles. The number of nitrogens with one attached hydrogen (secondary N) is 2. The second-order valence-electron chi connectivity index (χ2n) is 5.62. The Labute approximate surface area is 155 Å². The third kappa shape index (κ3) is 4.47. The van der Waals surface area contributed by atoms with Crippen molar-refractivity contribution in [3.05, 3.63) is 65.7 Å². The largest absolute Gasteiger partial charge is 0.465 e. The normalized spacial score (nSPS) is 12.8. The zero-order chi connectivity index (χ0) is 19.9. The standard InChI is InChI=1S/C19H15N5O3/c1-19(12-21,13-5-3-2-4-6-13)14-7-9-15(10-8-14)23-24-16(11-20)17(25)22-18(26)27/h2-10,23H,1H3,(H,22,25)(H,26,27). The first-order chi connectivity index (χ1) is 12.9. The molecule has 1 atom stereocenters. The molecule has 8 heteroatoms. The van der Waals surface area contributed by atoms with Gasteiger partial charge in [0.1, 0.15) is 11.5 Å². The van der Waals surface area contributed by atoms with E-state index in [-0.39, 0.29) is 0 Å². The number of hydrogen-bond donors (Lipinski definition) is 3. The molecule has 0 saturated carbocycles. The average molecular weight is 361 g/mol. The number of rotatable bonds is 5. The maximum atomic E-state index is 11.5. The van der Waals surface area contributed by atoms with Gasteiger partial charge in [-0.15, -0.1) is 0 Å². The summed E-state index contributed by atoms with van der Waals surface area (Å²) in [4.78, 5) is 21.9. The summed E-state index contributed by atoms with van der Waals surface area (Å²) in [6, 6.07) is 19.9. The predicted molar refractivity (Wildman–Crippen MR) is 97.8 cm³/mol. The molecule has 134 valence electrons. The van der Waals surface area contributed by atoms with Crippen LogP contribution in [0.3, 0.4) is 0 Å². The minimum absolute atomic E-state index is 0.461. The molecule has 0 aliphatic carbocycles. The van der Waals surface area contributed by atoms with Crippen molar-refractivity contribution in [2.75, 3.05) is 5.43 Å². The molecule has 0 spiro atoms. The third-order valence-electron chi connectivity index (χ3n) is 3.88. The van der Waals surface area contributed by atoms with Crippen LogP contribution in [-0.2, 0) is 10.2 Å². The van der Waals surface area contributed by atoms with Crippen LogP contribution < -0.4 is 10.7 Å². The Kier molecular flexibility index (Phi) is 5.87. The zero-order valence-corrected chi connectivity index (χ0v) is 14.3. The lowest BCUT2D eigenvalue weighted by molar-refractivity contribution is -0.114. The highest BCUT2D eigenvalue weighted by Gasteiger charge is 2.28. The van der Waals surface area contributed by atoms with Crippen molar-refractivity contribution in [1.82, 2.24) is 5.32 Å². The predicted octanol–water partition coefficient (Wildman–Crippen LogP) is 2.60. The number of nitrogens with zero attached hydrogens (tertiary/aromatic N) is 3.